The van der Waals surface area contributed by atoms with Crippen molar-refractivity contribution in [3.8, 4) is 5.75 Å². The lowest BCUT2D eigenvalue weighted by molar-refractivity contribution is -0.123. The summed E-state index contributed by atoms with van der Waals surface area (Å²) in [6.07, 6.45) is 0. The molecule has 0 saturated heterocycles. The lowest BCUT2D eigenvalue weighted by Gasteiger charge is -2.10. The smallest absolute Gasteiger partial charge is 0.387 e. The third-order valence-electron chi connectivity index (χ3n) is 3.53. The number of hydrogen-bond donors (Lipinski definition) is 2. The van der Waals surface area contributed by atoms with Gasteiger partial charge in [0.1, 0.15) is 5.75 Å². The van der Waals surface area contributed by atoms with E-state index in [0.717, 1.165) is 11.1 Å². The molecule has 0 aliphatic rings. The molecule has 0 spiro atoms. The number of aryl methyl sites for hydroxylation is 2. The predicted molar refractivity (Wildman–Crippen MR) is 96.4 cm³/mol. The molecule has 0 fully saturated rings. The molecule has 0 atom stereocenters. The molecule has 3 amide bonds. The molecule has 0 unspecified atom stereocenters. The van der Waals surface area contributed by atoms with E-state index >= 15 is 0 Å². The van der Waals surface area contributed by atoms with Crippen LogP contribution in [0.4, 0.5) is 19.3 Å². The van der Waals surface area contributed by atoms with Gasteiger partial charge in [0.05, 0.1) is 5.56 Å². The molecular weight excluding hydrogens is 374 g/mol. The van der Waals surface area contributed by atoms with Crippen molar-refractivity contribution in [3.63, 3.8) is 0 Å². The Morgan fingerprint density at radius 3 is 2.32 bits per heavy atom. The van der Waals surface area contributed by atoms with Crippen LogP contribution in [0.5, 0.6) is 5.75 Å². The second kappa shape index (κ2) is 9.45. The van der Waals surface area contributed by atoms with E-state index in [0.29, 0.717) is 5.69 Å². The van der Waals surface area contributed by atoms with Crippen molar-refractivity contribution in [1.82, 2.24) is 5.32 Å². The Balaban J connectivity index is 1.81. The molecule has 7 nitrogen and oxygen atoms in total. The average Bonchev–Trinajstić information content (AvgIpc) is 2.62. The topological polar surface area (TPSA) is 93.7 Å². The molecule has 0 aliphatic carbocycles. The quantitative estimate of drug-likeness (QED) is 0.735. The fourth-order valence-electron chi connectivity index (χ4n) is 2.26. The van der Waals surface area contributed by atoms with E-state index in [2.05, 4.69) is 10.1 Å². The highest BCUT2D eigenvalue weighted by Gasteiger charge is 2.14. The molecule has 0 bridgehead atoms. The van der Waals surface area contributed by atoms with Crippen LogP contribution in [0, 0.1) is 13.8 Å². The first-order valence-corrected chi connectivity index (χ1v) is 8.14. The van der Waals surface area contributed by atoms with Crippen LogP contribution in [0.15, 0.2) is 42.5 Å². The van der Waals surface area contributed by atoms with Gasteiger partial charge in [-0.15, -0.1) is 0 Å². The highest BCUT2D eigenvalue weighted by atomic mass is 19.3. The maximum Gasteiger partial charge on any atom is 0.387 e. The van der Waals surface area contributed by atoms with Crippen molar-refractivity contribution in [3.05, 3.63) is 59.2 Å². The van der Waals surface area contributed by atoms with Gasteiger partial charge in [0.15, 0.2) is 6.61 Å². The summed E-state index contributed by atoms with van der Waals surface area (Å²) in [7, 11) is 0. The Bertz CT molecular complexity index is 869. The van der Waals surface area contributed by atoms with Gasteiger partial charge in [-0.25, -0.2) is 9.59 Å². The molecule has 0 aromatic heterocycles. The molecule has 148 valence electrons. The van der Waals surface area contributed by atoms with Gasteiger partial charge >= 0.3 is 18.6 Å². The SMILES string of the molecule is Cc1ccc(NC(=O)NC(=O)COC(=O)c2ccc(OC(F)F)cc2)c(C)c1. The number of rotatable bonds is 6. The van der Waals surface area contributed by atoms with Gasteiger partial charge in [-0.1, -0.05) is 17.7 Å². The second-order valence-electron chi connectivity index (χ2n) is 5.80. The molecule has 28 heavy (non-hydrogen) atoms. The molecule has 2 aromatic rings. The highest BCUT2D eigenvalue weighted by Crippen LogP contribution is 2.16. The normalized spacial score (nSPS) is 10.3. The molecule has 0 radical (unpaired) electrons. The first kappa shape index (κ1) is 20.8. The number of halogens is 2. The van der Waals surface area contributed by atoms with Gasteiger partial charge in [-0.3, -0.25) is 10.1 Å². The number of nitrogens with one attached hydrogen (secondary N) is 2. The minimum atomic E-state index is -2.98. The monoisotopic (exact) mass is 392 g/mol. The Morgan fingerprint density at radius 1 is 1.04 bits per heavy atom. The summed E-state index contributed by atoms with van der Waals surface area (Å²) in [5.74, 6) is -1.80. The number of imide groups is 1. The van der Waals surface area contributed by atoms with Crippen LogP contribution in [-0.4, -0.2) is 31.1 Å². The maximum atomic E-state index is 12.1. The van der Waals surface area contributed by atoms with Crippen LogP contribution >= 0.6 is 0 Å². The zero-order chi connectivity index (χ0) is 20.7. The summed E-state index contributed by atoms with van der Waals surface area (Å²) < 4.78 is 33.1. The van der Waals surface area contributed by atoms with Crippen molar-refractivity contribution in [2.75, 3.05) is 11.9 Å². The molecule has 9 heteroatoms. The molecular formula is C19H18F2N2O5. The number of ether oxygens (including phenoxy) is 2. The van der Waals surface area contributed by atoms with E-state index in [1.165, 1.54) is 24.3 Å². The Morgan fingerprint density at radius 2 is 1.71 bits per heavy atom. The minimum absolute atomic E-state index is 0.0362. The summed E-state index contributed by atoms with van der Waals surface area (Å²) in [5.41, 5.74) is 2.43. The number of amides is 3. The van der Waals surface area contributed by atoms with E-state index in [4.69, 9.17) is 4.74 Å². The van der Waals surface area contributed by atoms with Gasteiger partial charge in [-0.2, -0.15) is 8.78 Å². The third-order valence-corrected chi connectivity index (χ3v) is 3.53. The first-order valence-electron chi connectivity index (χ1n) is 8.14. The van der Waals surface area contributed by atoms with Crippen molar-refractivity contribution in [2.45, 2.75) is 20.5 Å². The average molecular weight is 392 g/mol. The van der Waals surface area contributed by atoms with E-state index < -0.39 is 31.1 Å². The molecule has 0 saturated carbocycles. The third kappa shape index (κ3) is 6.35. The summed E-state index contributed by atoms with van der Waals surface area (Å²) in [6, 6.07) is 9.38. The summed E-state index contributed by atoms with van der Waals surface area (Å²) in [5, 5.41) is 4.56. The lowest BCUT2D eigenvalue weighted by Crippen LogP contribution is -2.37. The second-order valence-corrected chi connectivity index (χ2v) is 5.80. The zero-order valence-electron chi connectivity index (χ0n) is 15.1. The van der Waals surface area contributed by atoms with Crippen LogP contribution in [0.2, 0.25) is 0 Å². The Kier molecular flexibility index (Phi) is 7.02. The van der Waals surface area contributed by atoms with Crippen LogP contribution < -0.4 is 15.4 Å². The number of carbonyl (C=O) groups excluding carboxylic acids is 3. The fourth-order valence-corrected chi connectivity index (χ4v) is 2.26. The van der Waals surface area contributed by atoms with Crippen LogP contribution in [0.1, 0.15) is 21.5 Å². The number of hydrogen-bond acceptors (Lipinski definition) is 5. The van der Waals surface area contributed by atoms with Crippen molar-refractivity contribution in [1.29, 1.82) is 0 Å². The van der Waals surface area contributed by atoms with Crippen molar-refractivity contribution in [2.24, 2.45) is 0 Å². The van der Waals surface area contributed by atoms with Crippen LogP contribution in [0.25, 0.3) is 0 Å². The summed E-state index contributed by atoms with van der Waals surface area (Å²) in [4.78, 5) is 35.4. The van der Waals surface area contributed by atoms with Gasteiger partial charge in [0.2, 0.25) is 0 Å². The predicted octanol–water partition coefficient (Wildman–Crippen LogP) is 3.41. The summed E-state index contributed by atoms with van der Waals surface area (Å²) >= 11 is 0. The van der Waals surface area contributed by atoms with Gasteiger partial charge < -0.3 is 14.8 Å². The van der Waals surface area contributed by atoms with Gasteiger partial charge in [0, 0.05) is 5.69 Å². The minimum Gasteiger partial charge on any atom is -0.452 e. The van der Waals surface area contributed by atoms with Crippen molar-refractivity contribution >= 4 is 23.6 Å². The van der Waals surface area contributed by atoms with Crippen LogP contribution in [0.3, 0.4) is 0 Å². The number of benzene rings is 2. The number of esters is 1. The zero-order valence-corrected chi connectivity index (χ0v) is 15.1. The number of urea groups is 1. The summed E-state index contributed by atoms with van der Waals surface area (Å²) in [6.45, 7) is 0.0585. The standard InChI is InChI=1S/C19H18F2N2O5/c1-11-3-8-15(12(2)9-11)22-19(26)23-16(24)10-27-17(25)13-4-6-14(7-5-13)28-18(20)21/h3-9,18H,10H2,1-2H3,(H2,22,23,24,26). The fraction of sp³-hybridized carbons (Fsp3) is 0.211. The van der Waals surface area contributed by atoms with E-state index in [1.807, 2.05) is 31.3 Å². The van der Waals surface area contributed by atoms with E-state index in [9.17, 15) is 23.2 Å². The molecule has 2 N–H and O–H groups in total. The van der Waals surface area contributed by atoms with Gasteiger partial charge in [0.25, 0.3) is 5.91 Å². The van der Waals surface area contributed by atoms with Crippen molar-refractivity contribution < 1.29 is 32.6 Å². The largest absolute Gasteiger partial charge is 0.452 e. The Hall–Kier alpha value is -3.49. The molecule has 2 rings (SSSR count). The number of carbonyl (C=O) groups is 3. The first-order chi connectivity index (χ1) is 13.2. The van der Waals surface area contributed by atoms with Gasteiger partial charge in [-0.05, 0) is 49.7 Å². The highest BCUT2D eigenvalue weighted by molar-refractivity contribution is 6.02. The number of alkyl halides is 2. The van der Waals surface area contributed by atoms with E-state index in [1.54, 1.807) is 6.07 Å². The van der Waals surface area contributed by atoms with E-state index in [-0.39, 0.29) is 11.3 Å². The van der Waals surface area contributed by atoms with Crippen LogP contribution in [-0.2, 0) is 9.53 Å². The number of anilines is 1. The lowest BCUT2D eigenvalue weighted by atomic mass is 10.1. The maximum absolute atomic E-state index is 12.1. The Labute approximate surface area is 159 Å². The molecule has 0 aliphatic heterocycles. The molecule has 2 aromatic carbocycles. The molecule has 0 heterocycles.